The van der Waals surface area contributed by atoms with Crippen LogP contribution < -0.4 is 43.8 Å². The third-order valence-electron chi connectivity index (χ3n) is 5.64. The van der Waals surface area contributed by atoms with Crippen LogP contribution in [0.1, 0.15) is 18.4 Å². The van der Waals surface area contributed by atoms with Crippen molar-refractivity contribution in [2.75, 3.05) is 41.3 Å². The van der Waals surface area contributed by atoms with E-state index in [1.165, 1.54) is 0 Å². The monoisotopic (exact) mass is 440 g/mol. The van der Waals surface area contributed by atoms with E-state index in [4.69, 9.17) is 39.1 Å². The number of benzene rings is 1. The Kier molecular flexibility index (Phi) is 6.37. The number of hydrogen-bond donors (Lipinski definition) is 7. The van der Waals surface area contributed by atoms with Crippen LogP contribution >= 0.6 is 0 Å². The van der Waals surface area contributed by atoms with Gasteiger partial charge in [0.2, 0.25) is 17.8 Å². The summed E-state index contributed by atoms with van der Waals surface area (Å²) in [6, 6.07) is 6.98. The molecule has 0 bridgehead atoms. The van der Waals surface area contributed by atoms with Crippen molar-refractivity contribution in [3.8, 4) is 0 Å². The molecule has 2 fully saturated rings. The SMILES string of the molecule is N=C(N)c1cccc(Nc2nc(N3C[C@H](N)C[C@H](N)C3)nc(N3C[C@H](N)C[C@H](N)C3)n2)c1. The lowest BCUT2D eigenvalue weighted by Gasteiger charge is -2.37. The molecular formula is C20H32N12. The van der Waals surface area contributed by atoms with Gasteiger partial charge in [0.05, 0.1) is 0 Å². The molecule has 0 spiro atoms. The summed E-state index contributed by atoms with van der Waals surface area (Å²) in [5.74, 6) is 1.35. The minimum absolute atomic E-state index is 0.0155. The Balaban J connectivity index is 1.68. The molecule has 0 radical (unpaired) electrons. The number of nitrogens with one attached hydrogen (secondary N) is 2. The summed E-state index contributed by atoms with van der Waals surface area (Å²) >= 11 is 0. The van der Waals surface area contributed by atoms with E-state index < -0.39 is 0 Å². The van der Waals surface area contributed by atoms with Crippen molar-refractivity contribution < 1.29 is 0 Å². The summed E-state index contributed by atoms with van der Waals surface area (Å²) in [4.78, 5) is 18.0. The van der Waals surface area contributed by atoms with Gasteiger partial charge in [-0.25, -0.2) is 0 Å². The van der Waals surface area contributed by atoms with Gasteiger partial charge in [-0.15, -0.1) is 0 Å². The number of nitrogen functional groups attached to an aromatic ring is 1. The van der Waals surface area contributed by atoms with Gasteiger partial charge in [-0.3, -0.25) is 5.41 Å². The molecule has 12 nitrogen and oxygen atoms in total. The van der Waals surface area contributed by atoms with Gasteiger partial charge < -0.3 is 43.8 Å². The zero-order valence-corrected chi connectivity index (χ0v) is 18.0. The summed E-state index contributed by atoms with van der Waals surface area (Å²) in [6.45, 7) is 2.43. The minimum Gasteiger partial charge on any atom is -0.384 e. The Morgan fingerprint density at radius 1 is 0.844 bits per heavy atom. The highest BCUT2D eigenvalue weighted by Crippen LogP contribution is 2.24. The lowest BCUT2D eigenvalue weighted by Crippen LogP contribution is -2.54. The number of amidine groups is 1. The van der Waals surface area contributed by atoms with Gasteiger partial charge in [-0.2, -0.15) is 15.0 Å². The Morgan fingerprint density at radius 3 is 1.81 bits per heavy atom. The van der Waals surface area contributed by atoms with Gasteiger partial charge in [-0.1, -0.05) is 12.1 Å². The number of rotatable bonds is 5. The molecule has 2 aliphatic rings. The lowest BCUT2D eigenvalue weighted by molar-refractivity contribution is 0.441. The highest BCUT2D eigenvalue weighted by molar-refractivity contribution is 5.95. The molecule has 2 aromatic rings. The van der Waals surface area contributed by atoms with E-state index in [2.05, 4.69) is 15.3 Å². The molecule has 1 aromatic carbocycles. The van der Waals surface area contributed by atoms with Crippen molar-refractivity contribution >= 4 is 29.4 Å². The van der Waals surface area contributed by atoms with Gasteiger partial charge in [0.1, 0.15) is 5.84 Å². The molecule has 0 amide bonds. The van der Waals surface area contributed by atoms with E-state index in [0.717, 1.165) is 12.8 Å². The van der Waals surface area contributed by atoms with Crippen molar-refractivity contribution in [1.29, 1.82) is 5.41 Å². The molecule has 1 aromatic heterocycles. The molecular weight excluding hydrogens is 408 g/mol. The average molecular weight is 441 g/mol. The van der Waals surface area contributed by atoms with Crippen LogP contribution in [0.5, 0.6) is 0 Å². The number of nitrogens with two attached hydrogens (primary N) is 5. The molecule has 12 N–H and O–H groups in total. The number of anilines is 4. The van der Waals surface area contributed by atoms with Gasteiger partial charge in [0.25, 0.3) is 0 Å². The Bertz CT molecular complexity index is 901. The zero-order valence-electron chi connectivity index (χ0n) is 18.0. The Labute approximate surface area is 187 Å². The van der Waals surface area contributed by atoms with Crippen LogP contribution in [0.2, 0.25) is 0 Å². The van der Waals surface area contributed by atoms with E-state index in [-0.39, 0.29) is 30.0 Å². The van der Waals surface area contributed by atoms with Crippen LogP contribution in [0.3, 0.4) is 0 Å². The number of nitrogens with zero attached hydrogens (tertiary/aromatic N) is 5. The van der Waals surface area contributed by atoms with Crippen LogP contribution in [0.25, 0.3) is 0 Å². The predicted octanol–water partition coefficient (Wildman–Crippen LogP) is -1.37. The van der Waals surface area contributed by atoms with Crippen molar-refractivity contribution in [3.05, 3.63) is 29.8 Å². The Morgan fingerprint density at radius 2 is 1.34 bits per heavy atom. The van der Waals surface area contributed by atoms with E-state index in [0.29, 0.717) is 55.3 Å². The van der Waals surface area contributed by atoms with Crippen LogP contribution in [0.4, 0.5) is 23.5 Å². The highest BCUT2D eigenvalue weighted by atomic mass is 15.4. The third-order valence-corrected chi connectivity index (χ3v) is 5.64. The maximum Gasteiger partial charge on any atom is 0.233 e. The van der Waals surface area contributed by atoms with Crippen molar-refractivity contribution in [1.82, 2.24) is 15.0 Å². The largest absolute Gasteiger partial charge is 0.384 e. The first kappa shape index (κ1) is 22.1. The maximum atomic E-state index is 7.67. The summed E-state index contributed by atoms with van der Waals surface area (Å²) in [5.41, 5.74) is 31.7. The lowest BCUT2D eigenvalue weighted by atomic mass is 10.0. The normalized spacial score (nSPS) is 26.1. The molecule has 2 aliphatic heterocycles. The van der Waals surface area contributed by atoms with E-state index in [1.807, 2.05) is 21.9 Å². The van der Waals surface area contributed by atoms with Gasteiger partial charge in [-0.05, 0) is 25.0 Å². The fraction of sp³-hybridized carbons (Fsp3) is 0.500. The van der Waals surface area contributed by atoms with E-state index in [9.17, 15) is 0 Å². The smallest absolute Gasteiger partial charge is 0.233 e. The summed E-state index contributed by atoms with van der Waals surface area (Å²) in [7, 11) is 0. The first-order valence-electron chi connectivity index (χ1n) is 10.8. The number of hydrogen-bond acceptors (Lipinski definition) is 11. The quantitative estimate of drug-likeness (QED) is 0.213. The highest BCUT2D eigenvalue weighted by Gasteiger charge is 2.28. The second-order valence-electron chi connectivity index (χ2n) is 8.70. The minimum atomic E-state index is -0.0561. The molecule has 0 saturated carbocycles. The van der Waals surface area contributed by atoms with E-state index in [1.54, 1.807) is 12.1 Å². The van der Waals surface area contributed by atoms with E-state index >= 15 is 0 Å². The zero-order chi connectivity index (χ0) is 22.8. The molecule has 12 heteroatoms. The maximum absolute atomic E-state index is 7.67. The molecule has 172 valence electrons. The molecule has 0 aliphatic carbocycles. The predicted molar refractivity (Wildman–Crippen MR) is 126 cm³/mol. The van der Waals surface area contributed by atoms with Crippen molar-refractivity contribution in [2.45, 2.75) is 37.0 Å². The second kappa shape index (κ2) is 9.20. The average Bonchev–Trinajstić information content (AvgIpc) is 2.72. The van der Waals surface area contributed by atoms with Crippen LogP contribution in [0, 0.1) is 5.41 Å². The molecule has 4 atom stereocenters. The topological polar surface area (TPSA) is 211 Å². The second-order valence-corrected chi connectivity index (χ2v) is 8.70. The molecule has 2 saturated heterocycles. The fourth-order valence-electron chi connectivity index (χ4n) is 4.27. The Hall–Kier alpha value is -3.06. The first-order chi connectivity index (χ1) is 15.3. The summed E-state index contributed by atoms with van der Waals surface area (Å²) in [5, 5.41) is 10.9. The first-order valence-corrected chi connectivity index (χ1v) is 10.8. The molecule has 3 heterocycles. The summed E-state index contributed by atoms with van der Waals surface area (Å²) in [6.07, 6.45) is 1.51. The van der Waals surface area contributed by atoms with Crippen molar-refractivity contribution in [3.63, 3.8) is 0 Å². The third kappa shape index (κ3) is 5.22. The number of aromatic nitrogens is 3. The van der Waals surface area contributed by atoms with Crippen LogP contribution in [-0.2, 0) is 0 Å². The van der Waals surface area contributed by atoms with Crippen LogP contribution in [0.15, 0.2) is 24.3 Å². The van der Waals surface area contributed by atoms with Gasteiger partial charge in [0, 0.05) is 61.6 Å². The van der Waals surface area contributed by atoms with Gasteiger partial charge in [0.15, 0.2) is 0 Å². The molecule has 32 heavy (non-hydrogen) atoms. The molecule has 0 unspecified atom stereocenters. The number of piperidine rings is 2. The van der Waals surface area contributed by atoms with Gasteiger partial charge >= 0.3 is 0 Å². The van der Waals surface area contributed by atoms with Crippen LogP contribution in [-0.4, -0.2) is 71.1 Å². The summed E-state index contributed by atoms with van der Waals surface area (Å²) < 4.78 is 0. The molecule has 4 rings (SSSR count). The standard InChI is InChI=1S/C20H32N12/c21-12-5-13(22)8-31(7-12)19-28-18(27-16-3-1-2-11(4-16)17(25)26)29-20(30-19)32-9-14(23)6-15(24)10-32/h1-4,12-15H,5-10,21-24H2,(H3,25,26)(H,27,28,29,30)/t12-,13+,14-,15+. The fourth-order valence-corrected chi connectivity index (χ4v) is 4.27. The van der Waals surface area contributed by atoms with Crippen molar-refractivity contribution in [2.24, 2.45) is 28.7 Å².